The van der Waals surface area contributed by atoms with Crippen LogP contribution >= 0.6 is 11.3 Å². The summed E-state index contributed by atoms with van der Waals surface area (Å²) in [7, 11) is -3.61. The Labute approximate surface area is 126 Å². The highest BCUT2D eigenvalue weighted by atomic mass is 32.2. The van der Waals surface area contributed by atoms with Crippen LogP contribution in [0.5, 0.6) is 0 Å². The van der Waals surface area contributed by atoms with E-state index in [2.05, 4.69) is 10.6 Å². The zero-order valence-electron chi connectivity index (χ0n) is 11.4. The smallest absolute Gasteiger partial charge is 0.322 e. The summed E-state index contributed by atoms with van der Waals surface area (Å²) in [6.07, 6.45) is 1.07. The second-order valence-corrected chi connectivity index (χ2v) is 8.49. The average Bonchev–Trinajstić information content (AvgIpc) is 3.11. The lowest BCUT2D eigenvalue weighted by Crippen LogP contribution is -2.49. The molecule has 2 aliphatic rings. The van der Waals surface area contributed by atoms with Crippen LogP contribution in [-0.2, 0) is 21.2 Å². The molecule has 3 amide bonds. The Hall–Kier alpha value is -1.45. The van der Waals surface area contributed by atoms with E-state index in [4.69, 9.17) is 0 Å². The van der Waals surface area contributed by atoms with Gasteiger partial charge >= 0.3 is 6.03 Å². The first-order valence-corrected chi connectivity index (χ1v) is 8.85. The molecule has 1 aromatic rings. The maximum absolute atomic E-state index is 12.6. The van der Waals surface area contributed by atoms with Crippen LogP contribution in [0.3, 0.4) is 0 Å². The van der Waals surface area contributed by atoms with Crippen molar-refractivity contribution in [3.05, 3.63) is 17.0 Å². The summed E-state index contributed by atoms with van der Waals surface area (Å²) in [6.45, 7) is 2.16. The number of amides is 3. The fraction of sp³-hybridized carbons (Fsp3) is 0.500. The molecule has 2 saturated heterocycles. The van der Waals surface area contributed by atoms with Crippen molar-refractivity contribution in [3.63, 3.8) is 0 Å². The first-order valence-electron chi connectivity index (χ1n) is 6.60. The Bertz CT molecular complexity index is 712. The third-order valence-electron chi connectivity index (χ3n) is 3.83. The molecular formula is C12H15N3O4S2. The van der Waals surface area contributed by atoms with E-state index in [1.165, 1.54) is 15.6 Å². The summed E-state index contributed by atoms with van der Waals surface area (Å²) in [5.74, 6) is -0.453. The van der Waals surface area contributed by atoms with Crippen molar-refractivity contribution in [2.24, 2.45) is 0 Å². The van der Waals surface area contributed by atoms with E-state index < -0.39 is 27.5 Å². The minimum absolute atomic E-state index is 0.0216. The third kappa shape index (κ3) is 2.25. The number of carbonyl (C=O) groups is 2. The summed E-state index contributed by atoms with van der Waals surface area (Å²) in [4.78, 5) is 24.1. The highest BCUT2D eigenvalue weighted by molar-refractivity contribution is 7.91. The van der Waals surface area contributed by atoms with Gasteiger partial charge in [-0.05, 0) is 25.0 Å². The molecule has 0 aliphatic carbocycles. The Morgan fingerprint density at radius 1 is 1.38 bits per heavy atom. The molecule has 1 unspecified atom stereocenters. The molecule has 114 valence electrons. The van der Waals surface area contributed by atoms with E-state index in [1.807, 2.05) is 6.92 Å². The van der Waals surface area contributed by atoms with Gasteiger partial charge in [0.15, 0.2) is 0 Å². The van der Waals surface area contributed by atoms with E-state index in [1.54, 1.807) is 12.1 Å². The number of aryl methyl sites for hydroxylation is 1. The minimum Gasteiger partial charge on any atom is -0.322 e. The first-order chi connectivity index (χ1) is 9.87. The van der Waals surface area contributed by atoms with E-state index in [9.17, 15) is 18.0 Å². The molecule has 3 rings (SSSR count). The highest BCUT2D eigenvalue weighted by Crippen LogP contribution is 2.32. The van der Waals surface area contributed by atoms with Gasteiger partial charge in [0, 0.05) is 18.0 Å². The van der Waals surface area contributed by atoms with Gasteiger partial charge in [0.2, 0.25) is 0 Å². The van der Waals surface area contributed by atoms with Crippen molar-refractivity contribution >= 4 is 33.3 Å². The number of carbonyl (C=O) groups excluding carboxylic acids is 2. The number of sulfonamides is 1. The van der Waals surface area contributed by atoms with Gasteiger partial charge in [-0.2, -0.15) is 4.31 Å². The van der Waals surface area contributed by atoms with Crippen molar-refractivity contribution in [2.45, 2.75) is 29.5 Å². The van der Waals surface area contributed by atoms with Crippen LogP contribution in [0.25, 0.3) is 0 Å². The molecule has 1 spiro atoms. The van der Waals surface area contributed by atoms with Gasteiger partial charge in [-0.25, -0.2) is 13.2 Å². The lowest BCUT2D eigenvalue weighted by atomic mass is 10.00. The van der Waals surface area contributed by atoms with E-state index >= 15 is 0 Å². The standard InChI is InChI=1S/C12H15N3O4S2/c1-2-8-3-4-9(20-8)21(18,19)15-6-5-12(7-15)10(16)13-11(17)14-12/h3-4H,2,5-7H2,1H3,(H2,13,14,16,17). The monoisotopic (exact) mass is 329 g/mol. The van der Waals surface area contributed by atoms with E-state index in [0.717, 1.165) is 11.3 Å². The van der Waals surface area contributed by atoms with Gasteiger partial charge in [-0.3, -0.25) is 10.1 Å². The Balaban J connectivity index is 1.85. The van der Waals surface area contributed by atoms with Crippen molar-refractivity contribution in [3.8, 4) is 0 Å². The molecule has 1 atom stereocenters. The van der Waals surface area contributed by atoms with Crippen molar-refractivity contribution < 1.29 is 18.0 Å². The van der Waals surface area contributed by atoms with Gasteiger partial charge in [-0.15, -0.1) is 11.3 Å². The molecule has 0 aromatic carbocycles. The molecule has 7 nitrogen and oxygen atoms in total. The van der Waals surface area contributed by atoms with Crippen molar-refractivity contribution in [1.82, 2.24) is 14.9 Å². The van der Waals surface area contributed by atoms with Gasteiger partial charge in [0.25, 0.3) is 15.9 Å². The maximum Gasteiger partial charge on any atom is 0.322 e. The highest BCUT2D eigenvalue weighted by Gasteiger charge is 2.53. The van der Waals surface area contributed by atoms with Crippen LogP contribution in [-0.4, -0.2) is 43.3 Å². The number of hydrogen-bond donors (Lipinski definition) is 2. The number of rotatable bonds is 3. The van der Waals surface area contributed by atoms with Crippen LogP contribution < -0.4 is 10.6 Å². The molecule has 2 fully saturated rings. The average molecular weight is 329 g/mol. The largest absolute Gasteiger partial charge is 0.322 e. The number of nitrogens with zero attached hydrogens (tertiary/aromatic N) is 1. The summed E-state index contributed by atoms with van der Waals surface area (Å²) >= 11 is 1.24. The van der Waals surface area contributed by atoms with Crippen LogP contribution in [0, 0.1) is 0 Å². The summed E-state index contributed by atoms with van der Waals surface area (Å²) in [5.41, 5.74) is -1.12. The molecule has 21 heavy (non-hydrogen) atoms. The van der Waals surface area contributed by atoms with Gasteiger partial charge in [0.1, 0.15) is 9.75 Å². The zero-order valence-corrected chi connectivity index (χ0v) is 13.0. The summed E-state index contributed by atoms with van der Waals surface area (Å²) in [6, 6.07) is 2.83. The van der Waals surface area contributed by atoms with E-state index in [0.29, 0.717) is 0 Å². The Morgan fingerprint density at radius 2 is 2.14 bits per heavy atom. The molecule has 0 bridgehead atoms. The predicted octanol–water partition coefficient (Wildman–Crippen LogP) is 0.283. The number of imide groups is 1. The number of urea groups is 1. The summed E-state index contributed by atoms with van der Waals surface area (Å²) < 4.78 is 26.7. The van der Waals surface area contributed by atoms with Gasteiger partial charge in [0.05, 0.1) is 0 Å². The molecule has 2 N–H and O–H groups in total. The molecule has 9 heteroatoms. The van der Waals surface area contributed by atoms with Gasteiger partial charge in [-0.1, -0.05) is 6.92 Å². The third-order valence-corrected chi connectivity index (χ3v) is 7.37. The van der Waals surface area contributed by atoms with Gasteiger partial charge < -0.3 is 5.32 Å². The van der Waals surface area contributed by atoms with Crippen LogP contribution in [0.4, 0.5) is 4.79 Å². The minimum atomic E-state index is -3.61. The second-order valence-electron chi connectivity index (χ2n) is 5.15. The SMILES string of the molecule is CCc1ccc(S(=O)(=O)N2CCC3(C2)NC(=O)NC3=O)s1. The molecule has 2 aliphatic heterocycles. The fourth-order valence-corrected chi connectivity index (χ4v) is 5.56. The molecule has 0 saturated carbocycles. The van der Waals surface area contributed by atoms with Crippen LogP contribution in [0.1, 0.15) is 18.2 Å². The maximum atomic E-state index is 12.6. The predicted molar refractivity (Wildman–Crippen MR) is 76.5 cm³/mol. The lowest BCUT2D eigenvalue weighted by Gasteiger charge is -2.20. The molecule has 1 aromatic heterocycles. The quantitative estimate of drug-likeness (QED) is 0.779. The molecular weight excluding hydrogens is 314 g/mol. The normalized spacial score (nSPS) is 26.3. The van der Waals surface area contributed by atoms with Crippen molar-refractivity contribution in [2.75, 3.05) is 13.1 Å². The number of thiophene rings is 1. The first kappa shape index (κ1) is 14.5. The Morgan fingerprint density at radius 3 is 2.71 bits per heavy atom. The summed E-state index contributed by atoms with van der Waals surface area (Å²) in [5, 5.41) is 4.71. The second kappa shape index (κ2) is 4.79. The molecule has 0 radical (unpaired) electrons. The number of hydrogen-bond acceptors (Lipinski definition) is 5. The Kier molecular flexibility index (Phi) is 3.30. The zero-order chi connectivity index (χ0) is 15.3. The molecule has 3 heterocycles. The number of nitrogens with one attached hydrogen (secondary N) is 2. The fourth-order valence-electron chi connectivity index (χ4n) is 2.61. The topological polar surface area (TPSA) is 95.6 Å². The van der Waals surface area contributed by atoms with Crippen LogP contribution in [0.2, 0.25) is 0 Å². The van der Waals surface area contributed by atoms with Crippen LogP contribution in [0.15, 0.2) is 16.3 Å². The van der Waals surface area contributed by atoms with Crippen molar-refractivity contribution in [1.29, 1.82) is 0 Å². The lowest BCUT2D eigenvalue weighted by molar-refractivity contribution is -0.123. The van der Waals surface area contributed by atoms with E-state index in [-0.39, 0.29) is 23.7 Å².